The Balaban J connectivity index is 1.49. The molecule has 1 aliphatic carbocycles. The summed E-state index contributed by atoms with van der Waals surface area (Å²) in [5.74, 6) is 5.38. The van der Waals surface area contributed by atoms with Crippen LogP contribution >= 0.6 is 0 Å². The van der Waals surface area contributed by atoms with Crippen LogP contribution in [0.15, 0.2) is 82.8 Å². The highest BCUT2D eigenvalue weighted by atomic mass is 14.7. The van der Waals surface area contributed by atoms with Gasteiger partial charge >= 0.3 is 0 Å². The van der Waals surface area contributed by atoms with E-state index < -0.39 is 0 Å². The highest BCUT2D eigenvalue weighted by molar-refractivity contribution is 6.43. The van der Waals surface area contributed by atoms with Gasteiger partial charge < -0.3 is 0 Å². The molecule has 3 nitrogen and oxygen atoms in total. The van der Waals surface area contributed by atoms with Gasteiger partial charge in [0, 0.05) is 54.2 Å². The fourth-order valence-corrected chi connectivity index (χ4v) is 7.13. The topological polar surface area (TPSA) is 48.6 Å². The third kappa shape index (κ3) is 2.50. The van der Waals surface area contributed by atoms with Crippen LogP contribution in [0.1, 0.15) is 22.3 Å². The van der Waals surface area contributed by atoms with Gasteiger partial charge in [-0.3, -0.25) is 5.41 Å². The van der Waals surface area contributed by atoms with Crippen molar-refractivity contribution in [3.05, 3.63) is 111 Å². The highest BCUT2D eigenvalue weighted by Gasteiger charge is 2.30. The van der Waals surface area contributed by atoms with Gasteiger partial charge in [-0.1, -0.05) is 36.1 Å². The lowest BCUT2D eigenvalue weighted by atomic mass is 9.90. The van der Waals surface area contributed by atoms with Crippen molar-refractivity contribution in [3.8, 4) is 24.7 Å². The Morgan fingerprint density at radius 1 is 0.500 bits per heavy atom. The van der Waals surface area contributed by atoms with Crippen molar-refractivity contribution >= 4 is 65.2 Å². The molecule has 1 N–H and O–H groups in total. The molecule has 0 unspecified atom stereocenters. The second-order valence-electron chi connectivity index (χ2n) is 10.7. The number of hydrogen-bond acceptors (Lipinski definition) is 3. The van der Waals surface area contributed by atoms with Gasteiger partial charge in [0.25, 0.3) is 0 Å². The lowest BCUT2D eigenvalue weighted by Crippen LogP contribution is -2.13. The molecular formula is C37H19N3. The van der Waals surface area contributed by atoms with Gasteiger partial charge in [0.2, 0.25) is 0 Å². The first-order valence-corrected chi connectivity index (χ1v) is 13.4. The maximum absolute atomic E-state index is 9.07. The van der Waals surface area contributed by atoms with Crippen molar-refractivity contribution in [1.82, 2.24) is 0 Å². The third-order valence-corrected chi connectivity index (χ3v) is 8.81. The second kappa shape index (κ2) is 7.32. The van der Waals surface area contributed by atoms with Crippen LogP contribution in [0.25, 0.3) is 53.9 Å². The van der Waals surface area contributed by atoms with E-state index in [4.69, 9.17) is 28.2 Å². The molecule has 0 amide bonds. The average molecular weight is 506 g/mol. The summed E-state index contributed by atoms with van der Waals surface area (Å²) in [5, 5.41) is 23.5. The molecule has 1 aliphatic rings. The summed E-state index contributed by atoms with van der Waals surface area (Å²) < 4.78 is 0. The largest absolute Gasteiger partial charge is 0.300 e. The molecule has 8 aromatic rings. The quantitative estimate of drug-likeness (QED) is 0.202. The molecule has 0 heterocycles. The molecule has 0 saturated heterocycles. The van der Waals surface area contributed by atoms with E-state index in [1.165, 1.54) is 43.4 Å². The Morgan fingerprint density at radius 2 is 0.875 bits per heavy atom. The van der Waals surface area contributed by atoms with E-state index in [1.54, 1.807) is 0 Å². The molecule has 182 valence electrons. The van der Waals surface area contributed by atoms with Crippen LogP contribution in [-0.4, -0.2) is 0 Å². The first-order chi connectivity index (χ1) is 19.7. The zero-order chi connectivity index (χ0) is 26.7. The fourth-order valence-electron chi connectivity index (χ4n) is 7.13. The molecule has 40 heavy (non-hydrogen) atoms. The van der Waals surface area contributed by atoms with Gasteiger partial charge in [-0.05, 0) is 83.3 Å². The van der Waals surface area contributed by atoms with Crippen LogP contribution in [0.4, 0.5) is 11.4 Å². The maximum Gasteiger partial charge on any atom is 0.0754 e. The summed E-state index contributed by atoms with van der Waals surface area (Å²) in [4.78, 5) is 10.4. The lowest BCUT2D eigenvalue weighted by molar-refractivity contribution is 0.949. The zero-order valence-corrected chi connectivity index (χ0v) is 21.4. The first-order valence-electron chi connectivity index (χ1n) is 13.4. The molecule has 0 fully saturated rings. The molecule has 0 aliphatic heterocycles. The summed E-state index contributed by atoms with van der Waals surface area (Å²) in [5.41, 5.74) is 6.07. The molecule has 3 heteroatoms. The van der Waals surface area contributed by atoms with Crippen LogP contribution in [0.5, 0.6) is 0 Å². The van der Waals surface area contributed by atoms with E-state index in [0.717, 1.165) is 67.6 Å². The van der Waals surface area contributed by atoms with Crippen LogP contribution in [0, 0.1) is 30.1 Å². The SMILES string of the molecule is C#Cc1ccc(/N=c2/c3c4c5c(/c(=N/c6ccc(C#C)cc6)c6ccc7c(=N)c8ccc2c4c8c7c65)CC3)cc1. The lowest BCUT2D eigenvalue weighted by Gasteiger charge is -2.12. The Bertz CT molecular complexity index is 2410. The van der Waals surface area contributed by atoms with Gasteiger partial charge in [-0.2, -0.15) is 0 Å². The van der Waals surface area contributed by atoms with Crippen LogP contribution < -0.4 is 16.1 Å². The van der Waals surface area contributed by atoms with Crippen molar-refractivity contribution in [2.75, 3.05) is 0 Å². The number of benzene rings is 5. The van der Waals surface area contributed by atoms with Gasteiger partial charge in [-0.15, -0.1) is 12.8 Å². The van der Waals surface area contributed by atoms with Crippen molar-refractivity contribution in [1.29, 1.82) is 5.41 Å². The standard InChI is InChI=1S/C37H19N3/c1-3-19-5-9-21(10-6-19)39-36-25-15-13-23-29-30-24(35(23)38)14-16-26-32(30)34-28(18-17-27(36)33(34)31(25)29)37(26)40-22-11-7-20(4-2)8-12-22/h1-2,5-16,38H,17-18H2/b39-36+,40-37+. The van der Waals surface area contributed by atoms with Gasteiger partial charge in [0.15, 0.2) is 0 Å². The highest BCUT2D eigenvalue weighted by Crippen LogP contribution is 2.48. The molecule has 0 radical (unpaired) electrons. The van der Waals surface area contributed by atoms with Crippen LogP contribution in [0.3, 0.4) is 0 Å². The predicted octanol–water partition coefficient (Wildman–Crippen LogP) is 6.65. The van der Waals surface area contributed by atoms with Crippen molar-refractivity contribution in [2.45, 2.75) is 12.8 Å². The number of nitrogens with zero attached hydrogens (tertiary/aromatic N) is 2. The predicted molar refractivity (Wildman–Crippen MR) is 162 cm³/mol. The Morgan fingerprint density at radius 3 is 1.27 bits per heavy atom. The van der Waals surface area contributed by atoms with E-state index in [1.807, 2.05) is 48.5 Å². The number of terminal acetylenes is 2. The minimum Gasteiger partial charge on any atom is -0.300 e. The summed E-state index contributed by atoms with van der Waals surface area (Å²) >= 11 is 0. The van der Waals surface area contributed by atoms with Gasteiger partial charge in [-0.25, -0.2) is 9.98 Å². The second-order valence-corrected chi connectivity index (χ2v) is 10.7. The van der Waals surface area contributed by atoms with E-state index >= 15 is 0 Å². The molecular weight excluding hydrogens is 486 g/mol. The maximum atomic E-state index is 9.07. The van der Waals surface area contributed by atoms with Gasteiger partial charge in [0.1, 0.15) is 0 Å². The number of rotatable bonds is 2. The molecule has 9 rings (SSSR count). The summed E-state index contributed by atoms with van der Waals surface area (Å²) in [6.45, 7) is 0. The smallest absolute Gasteiger partial charge is 0.0754 e. The molecule has 0 bridgehead atoms. The molecule has 0 saturated carbocycles. The van der Waals surface area contributed by atoms with Crippen molar-refractivity contribution in [3.63, 3.8) is 0 Å². The Hall–Kier alpha value is -5.51. The number of nitrogens with one attached hydrogen (secondary N) is 1. The van der Waals surface area contributed by atoms with Crippen molar-refractivity contribution < 1.29 is 0 Å². The van der Waals surface area contributed by atoms with Crippen LogP contribution in [0.2, 0.25) is 0 Å². The summed E-state index contributed by atoms with van der Waals surface area (Å²) in [6.07, 6.45) is 12.9. The normalized spacial score (nSPS) is 14.2. The first kappa shape index (κ1) is 21.4. The van der Waals surface area contributed by atoms with Gasteiger partial charge in [0.05, 0.1) is 27.4 Å². The van der Waals surface area contributed by atoms with E-state index in [2.05, 4.69) is 36.1 Å². The average Bonchev–Trinajstić information content (AvgIpc) is 3.59. The Labute approximate surface area is 229 Å². The summed E-state index contributed by atoms with van der Waals surface area (Å²) in [7, 11) is 0. The third-order valence-electron chi connectivity index (χ3n) is 8.81. The number of aryl methyl sites for hydroxylation is 2. The van der Waals surface area contributed by atoms with Crippen LogP contribution in [-0.2, 0) is 12.8 Å². The minimum atomic E-state index is 0.601. The number of hydrogen-bond donors (Lipinski definition) is 1. The van der Waals surface area contributed by atoms with E-state index in [-0.39, 0.29) is 0 Å². The molecule has 0 atom stereocenters. The Kier molecular flexibility index (Phi) is 3.92. The zero-order valence-electron chi connectivity index (χ0n) is 21.4. The molecule has 0 spiro atoms. The summed E-state index contributed by atoms with van der Waals surface area (Å²) in [6, 6.07) is 24.3. The van der Waals surface area contributed by atoms with E-state index in [0.29, 0.717) is 5.36 Å². The molecule has 0 aromatic heterocycles. The monoisotopic (exact) mass is 505 g/mol. The minimum absolute atomic E-state index is 0.601. The van der Waals surface area contributed by atoms with Crippen molar-refractivity contribution in [2.24, 2.45) is 9.98 Å². The van der Waals surface area contributed by atoms with E-state index in [9.17, 15) is 0 Å². The molecule has 8 aromatic carbocycles. The fraction of sp³-hybridized carbons (Fsp3) is 0.0541.